The normalized spacial score (nSPS) is 13.1. The molecular formula is C10H17N4O. The highest BCUT2D eigenvalue weighted by atomic mass is 16.4. The molecule has 0 aromatic carbocycles. The van der Waals surface area contributed by atoms with Crippen LogP contribution in [0.15, 0.2) is 17.8 Å². The Morgan fingerprint density at radius 3 is 2.87 bits per heavy atom. The Bertz CT molecular complexity index is 316. The summed E-state index contributed by atoms with van der Waals surface area (Å²) in [5.41, 5.74) is 0.800. The number of aromatic nitrogens is 3. The third-order valence-electron chi connectivity index (χ3n) is 2.17. The van der Waals surface area contributed by atoms with Crippen LogP contribution in [0.5, 0.6) is 0 Å². The molecule has 0 aliphatic rings. The molecule has 0 spiro atoms. The highest BCUT2D eigenvalue weighted by Crippen LogP contribution is 2.26. The van der Waals surface area contributed by atoms with Gasteiger partial charge in [-0.15, -0.1) is 0 Å². The van der Waals surface area contributed by atoms with Crippen LogP contribution in [-0.2, 0) is 0 Å². The highest BCUT2D eigenvalue weighted by molar-refractivity contribution is 5.81. The standard InChI is InChI=1S/C10H17N4O/c1-9(13-15)6-10(2,3)4-5-14-8-11-7-12-14/h5,7-8,15H,4,6H2,1-3H3. The van der Waals surface area contributed by atoms with Crippen molar-refractivity contribution in [2.45, 2.75) is 33.6 Å². The number of rotatable bonds is 5. The topological polar surface area (TPSA) is 63.3 Å². The number of oxime groups is 1. The molecule has 5 heteroatoms. The third kappa shape index (κ3) is 4.10. The minimum absolute atomic E-state index is 0.0578. The van der Waals surface area contributed by atoms with E-state index in [1.165, 1.54) is 6.33 Å². The SMILES string of the molecule is CC(CC(C)(C)C[CH]n1cncn1)=NO. The van der Waals surface area contributed by atoms with Crippen LogP contribution in [0, 0.1) is 12.0 Å². The van der Waals surface area contributed by atoms with Crippen LogP contribution in [0.25, 0.3) is 0 Å². The van der Waals surface area contributed by atoms with E-state index >= 15 is 0 Å². The Morgan fingerprint density at radius 1 is 1.60 bits per heavy atom. The van der Waals surface area contributed by atoms with Gasteiger partial charge in [0, 0.05) is 0 Å². The van der Waals surface area contributed by atoms with Gasteiger partial charge in [0.2, 0.25) is 0 Å². The van der Waals surface area contributed by atoms with Gasteiger partial charge in [0.05, 0.1) is 12.3 Å². The lowest BCUT2D eigenvalue weighted by Gasteiger charge is -2.23. The van der Waals surface area contributed by atoms with E-state index in [2.05, 4.69) is 29.1 Å². The summed E-state index contributed by atoms with van der Waals surface area (Å²) < 4.78 is 1.69. The number of hydrogen-bond acceptors (Lipinski definition) is 4. The van der Waals surface area contributed by atoms with E-state index in [9.17, 15) is 0 Å². The molecule has 0 fully saturated rings. The van der Waals surface area contributed by atoms with E-state index in [0.717, 1.165) is 18.6 Å². The molecule has 1 N–H and O–H groups in total. The molecule has 0 unspecified atom stereocenters. The highest BCUT2D eigenvalue weighted by Gasteiger charge is 2.19. The first-order valence-corrected chi connectivity index (χ1v) is 4.88. The molecule has 1 aromatic rings. The molecule has 1 heterocycles. The fourth-order valence-corrected chi connectivity index (χ4v) is 1.45. The van der Waals surface area contributed by atoms with E-state index in [-0.39, 0.29) is 5.41 Å². The Morgan fingerprint density at radius 2 is 2.33 bits per heavy atom. The summed E-state index contributed by atoms with van der Waals surface area (Å²) in [4.78, 5) is 3.86. The summed E-state index contributed by atoms with van der Waals surface area (Å²) in [5, 5.41) is 15.8. The van der Waals surface area contributed by atoms with Crippen LogP contribution in [0.4, 0.5) is 0 Å². The fraction of sp³-hybridized carbons (Fsp3) is 0.600. The largest absolute Gasteiger partial charge is 0.411 e. The van der Waals surface area contributed by atoms with Crippen molar-refractivity contribution < 1.29 is 5.21 Å². The van der Waals surface area contributed by atoms with Gasteiger partial charge >= 0.3 is 0 Å². The summed E-state index contributed by atoms with van der Waals surface area (Å²) in [7, 11) is 0. The molecule has 83 valence electrons. The first kappa shape index (κ1) is 11.7. The zero-order chi connectivity index (χ0) is 11.3. The van der Waals surface area contributed by atoms with Crippen molar-refractivity contribution in [2.24, 2.45) is 10.6 Å². The van der Waals surface area contributed by atoms with Gasteiger partial charge in [0.1, 0.15) is 12.7 Å². The predicted molar refractivity (Wildman–Crippen MR) is 57.6 cm³/mol. The lowest BCUT2D eigenvalue weighted by Crippen LogP contribution is -2.17. The van der Waals surface area contributed by atoms with Crippen LogP contribution in [0.2, 0.25) is 0 Å². The molecule has 5 nitrogen and oxygen atoms in total. The zero-order valence-electron chi connectivity index (χ0n) is 9.38. The Labute approximate surface area is 89.8 Å². The van der Waals surface area contributed by atoms with E-state index < -0.39 is 0 Å². The van der Waals surface area contributed by atoms with Crippen molar-refractivity contribution in [1.29, 1.82) is 0 Å². The molecule has 0 aliphatic heterocycles. The Balaban J connectivity index is 2.42. The predicted octanol–water partition coefficient (Wildman–Crippen LogP) is 1.94. The number of hydrogen-bond donors (Lipinski definition) is 1. The summed E-state index contributed by atoms with van der Waals surface area (Å²) in [6, 6.07) is 0. The molecule has 0 saturated heterocycles. The van der Waals surface area contributed by atoms with Crippen molar-refractivity contribution in [1.82, 2.24) is 14.8 Å². The maximum Gasteiger partial charge on any atom is 0.137 e. The molecule has 0 saturated carbocycles. The summed E-state index contributed by atoms with van der Waals surface area (Å²) in [6.45, 7) is 8.03. The quantitative estimate of drug-likeness (QED) is 0.458. The number of nitrogens with zero attached hydrogens (tertiary/aromatic N) is 4. The monoisotopic (exact) mass is 209 g/mol. The maximum atomic E-state index is 8.60. The molecule has 0 aliphatic carbocycles. The average molecular weight is 209 g/mol. The van der Waals surface area contributed by atoms with Gasteiger partial charge in [-0.25, -0.2) is 9.67 Å². The van der Waals surface area contributed by atoms with Gasteiger partial charge in [-0.05, 0) is 25.2 Å². The van der Waals surface area contributed by atoms with E-state index in [1.807, 2.05) is 13.5 Å². The van der Waals surface area contributed by atoms with Crippen molar-refractivity contribution in [3.05, 3.63) is 19.2 Å². The van der Waals surface area contributed by atoms with Crippen LogP contribution in [0.3, 0.4) is 0 Å². The molecule has 0 atom stereocenters. The Kier molecular flexibility index (Phi) is 3.82. The fourth-order valence-electron chi connectivity index (χ4n) is 1.45. The summed E-state index contributed by atoms with van der Waals surface area (Å²) in [5.74, 6) is 0. The second-order valence-electron chi connectivity index (χ2n) is 4.44. The molecule has 0 bridgehead atoms. The van der Waals surface area contributed by atoms with Crippen LogP contribution < -0.4 is 0 Å². The van der Waals surface area contributed by atoms with Gasteiger partial charge in [-0.1, -0.05) is 19.0 Å². The van der Waals surface area contributed by atoms with E-state index in [0.29, 0.717) is 0 Å². The van der Waals surface area contributed by atoms with Gasteiger partial charge in [0.25, 0.3) is 0 Å². The molecule has 1 radical (unpaired) electrons. The van der Waals surface area contributed by atoms with Gasteiger partial charge < -0.3 is 5.21 Å². The van der Waals surface area contributed by atoms with Gasteiger partial charge in [-0.3, -0.25) is 0 Å². The second kappa shape index (κ2) is 4.91. The smallest absolute Gasteiger partial charge is 0.137 e. The minimum Gasteiger partial charge on any atom is -0.411 e. The molecule has 1 rings (SSSR count). The molecule has 1 aromatic heterocycles. The first-order chi connectivity index (χ1) is 7.03. The summed E-state index contributed by atoms with van der Waals surface area (Å²) >= 11 is 0. The minimum atomic E-state index is 0.0578. The Hall–Kier alpha value is -1.39. The van der Waals surface area contributed by atoms with Crippen LogP contribution >= 0.6 is 0 Å². The van der Waals surface area contributed by atoms with Crippen LogP contribution in [0.1, 0.15) is 33.6 Å². The van der Waals surface area contributed by atoms with Gasteiger partial charge in [0.15, 0.2) is 0 Å². The zero-order valence-corrected chi connectivity index (χ0v) is 9.38. The molecular weight excluding hydrogens is 192 g/mol. The summed E-state index contributed by atoms with van der Waals surface area (Å²) in [6.07, 6.45) is 4.77. The molecule has 0 amide bonds. The van der Waals surface area contributed by atoms with Crippen molar-refractivity contribution in [3.63, 3.8) is 0 Å². The van der Waals surface area contributed by atoms with Crippen LogP contribution in [-0.4, -0.2) is 25.7 Å². The average Bonchev–Trinajstić information content (AvgIpc) is 2.66. The lowest BCUT2D eigenvalue weighted by molar-refractivity contribution is 0.307. The van der Waals surface area contributed by atoms with Crippen molar-refractivity contribution in [2.75, 3.05) is 0 Å². The molecule has 15 heavy (non-hydrogen) atoms. The second-order valence-corrected chi connectivity index (χ2v) is 4.44. The van der Waals surface area contributed by atoms with E-state index in [4.69, 9.17) is 5.21 Å². The van der Waals surface area contributed by atoms with Crippen molar-refractivity contribution in [3.8, 4) is 0 Å². The lowest BCUT2D eigenvalue weighted by atomic mass is 9.84. The van der Waals surface area contributed by atoms with Crippen molar-refractivity contribution >= 4 is 5.71 Å². The van der Waals surface area contributed by atoms with E-state index in [1.54, 1.807) is 11.0 Å². The maximum absolute atomic E-state index is 8.60. The van der Waals surface area contributed by atoms with Gasteiger partial charge in [-0.2, -0.15) is 5.10 Å². The third-order valence-corrected chi connectivity index (χ3v) is 2.17. The first-order valence-electron chi connectivity index (χ1n) is 4.88.